The van der Waals surface area contributed by atoms with Crippen LogP contribution >= 0.6 is 0 Å². The third-order valence-corrected chi connectivity index (χ3v) is 6.98. The van der Waals surface area contributed by atoms with Crippen molar-refractivity contribution in [2.75, 3.05) is 31.1 Å². The summed E-state index contributed by atoms with van der Waals surface area (Å²) >= 11 is 0. The van der Waals surface area contributed by atoms with Crippen molar-refractivity contribution in [3.05, 3.63) is 60.2 Å². The molecular formula is C20H21F3N2O3S. The van der Waals surface area contributed by atoms with Gasteiger partial charge in [0.25, 0.3) is 9.84 Å². The van der Waals surface area contributed by atoms with Crippen molar-refractivity contribution in [3.8, 4) is 0 Å². The summed E-state index contributed by atoms with van der Waals surface area (Å²) in [7, 11) is -5.44. The Balaban J connectivity index is 1.60. The van der Waals surface area contributed by atoms with E-state index in [1.807, 2.05) is 30.3 Å². The van der Waals surface area contributed by atoms with Crippen molar-refractivity contribution in [2.24, 2.45) is 0 Å². The van der Waals surface area contributed by atoms with Crippen molar-refractivity contribution in [2.45, 2.75) is 29.1 Å². The number of benzene rings is 2. The minimum atomic E-state index is -5.44. The van der Waals surface area contributed by atoms with E-state index in [0.717, 1.165) is 11.6 Å². The van der Waals surface area contributed by atoms with E-state index in [9.17, 15) is 21.6 Å². The Labute approximate surface area is 167 Å². The van der Waals surface area contributed by atoms with Gasteiger partial charge in [-0.05, 0) is 17.7 Å². The molecule has 4 rings (SSSR count). The van der Waals surface area contributed by atoms with Gasteiger partial charge in [0.2, 0.25) is 0 Å². The molecule has 0 aliphatic carbocycles. The van der Waals surface area contributed by atoms with Gasteiger partial charge in [-0.15, -0.1) is 0 Å². The molecule has 156 valence electrons. The maximum Gasteiger partial charge on any atom is 0.501 e. The third kappa shape index (κ3) is 3.86. The molecule has 2 aliphatic heterocycles. The monoisotopic (exact) mass is 426 g/mol. The van der Waals surface area contributed by atoms with Crippen molar-refractivity contribution in [1.82, 2.24) is 4.90 Å². The highest BCUT2D eigenvalue weighted by Crippen LogP contribution is 2.38. The standard InChI is InChI=1S/C20H21F3N2O3S/c21-20(22,23)29(26,27)19-9-5-4-8-16(19)25-13-17-18(14-25)28-11-10-24(17)12-15-6-2-1-3-7-15/h1-9,17-18H,10-14H2. The molecule has 5 nitrogen and oxygen atoms in total. The number of alkyl halides is 3. The van der Waals surface area contributed by atoms with E-state index < -0.39 is 20.2 Å². The molecule has 0 aromatic heterocycles. The van der Waals surface area contributed by atoms with E-state index in [2.05, 4.69) is 4.90 Å². The average molecular weight is 426 g/mol. The summed E-state index contributed by atoms with van der Waals surface area (Å²) in [5.41, 5.74) is -4.13. The van der Waals surface area contributed by atoms with E-state index in [-0.39, 0.29) is 17.8 Å². The van der Waals surface area contributed by atoms with E-state index in [1.54, 1.807) is 11.0 Å². The largest absolute Gasteiger partial charge is 0.501 e. The first-order valence-corrected chi connectivity index (χ1v) is 10.8. The van der Waals surface area contributed by atoms with Crippen LogP contribution in [0.2, 0.25) is 0 Å². The predicted octanol–water partition coefficient (Wildman–Crippen LogP) is 3.07. The Bertz CT molecular complexity index is 966. The van der Waals surface area contributed by atoms with Gasteiger partial charge < -0.3 is 9.64 Å². The zero-order chi connectivity index (χ0) is 20.6. The van der Waals surface area contributed by atoms with Crippen LogP contribution in [0.3, 0.4) is 0 Å². The number of para-hydroxylation sites is 1. The molecule has 0 saturated carbocycles. The highest BCUT2D eigenvalue weighted by Gasteiger charge is 2.49. The zero-order valence-corrected chi connectivity index (χ0v) is 16.4. The molecule has 2 aromatic rings. The summed E-state index contributed by atoms with van der Waals surface area (Å²) in [6, 6.07) is 15.2. The minimum absolute atomic E-state index is 0.0226. The molecular weight excluding hydrogens is 405 g/mol. The first kappa shape index (κ1) is 20.2. The normalized spacial score (nSPS) is 23.2. The fourth-order valence-corrected chi connectivity index (χ4v) is 5.02. The van der Waals surface area contributed by atoms with E-state index in [0.29, 0.717) is 32.8 Å². The molecule has 0 bridgehead atoms. The van der Waals surface area contributed by atoms with Crippen molar-refractivity contribution in [1.29, 1.82) is 0 Å². The fraction of sp³-hybridized carbons (Fsp3) is 0.400. The maximum atomic E-state index is 13.1. The van der Waals surface area contributed by atoms with Gasteiger partial charge in [-0.2, -0.15) is 13.2 Å². The molecule has 2 fully saturated rings. The van der Waals surface area contributed by atoms with Crippen LogP contribution in [0.15, 0.2) is 59.5 Å². The number of hydrogen-bond donors (Lipinski definition) is 0. The SMILES string of the molecule is O=S(=O)(c1ccccc1N1CC2OCCN(Cc3ccccc3)C2C1)C(F)(F)F. The minimum Gasteiger partial charge on any atom is -0.373 e. The summed E-state index contributed by atoms with van der Waals surface area (Å²) in [4.78, 5) is 3.24. The molecule has 2 aromatic carbocycles. The molecule has 0 N–H and O–H groups in total. The van der Waals surface area contributed by atoms with E-state index in [4.69, 9.17) is 4.74 Å². The first-order valence-electron chi connectivity index (χ1n) is 9.32. The number of morpholine rings is 1. The molecule has 0 spiro atoms. The summed E-state index contributed by atoms with van der Waals surface area (Å²) in [6.07, 6.45) is -0.186. The molecule has 2 saturated heterocycles. The van der Waals surface area contributed by atoms with Crippen LogP contribution in [-0.4, -0.2) is 57.2 Å². The Morgan fingerprint density at radius 1 is 1.00 bits per heavy atom. The third-order valence-electron chi connectivity index (χ3n) is 5.45. The van der Waals surface area contributed by atoms with Crippen molar-refractivity contribution in [3.63, 3.8) is 0 Å². The molecule has 29 heavy (non-hydrogen) atoms. The number of fused-ring (bicyclic) bond motifs is 1. The van der Waals surface area contributed by atoms with Gasteiger partial charge in [-0.25, -0.2) is 8.42 Å². The number of halogens is 3. The number of ether oxygens (including phenoxy) is 1. The lowest BCUT2D eigenvalue weighted by atomic mass is 10.1. The van der Waals surface area contributed by atoms with Crippen LogP contribution in [0, 0.1) is 0 Å². The summed E-state index contributed by atoms with van der Waals surface area (Å²) in [6.45, 7) is 2.71. The van der Waals surface area contributed by atoms with Crippen LogP contribution in [0.4, 0.5) is 18.9 Å². The second-order valence-corrected chi connectivity index (χ2v) is 9.16. The summed E-state index contributed by atoms with van der Waals surface area (Å²) in [5, 5.41) is 0. The topological polar surface area (TPSA) is 49.9 Å². The van der Waals surface area contributed by atoms with Crippen LogP contribution in [0.5, 0.6) is 0 Å². The zero-order valence-electron chi connectivity index (χ0n) is 15.5. The predicted molar refractivity (Wildman–Crippen MR) is 102 cm³/mol. The van der Waals surface area contributed by atoms with Crippen LogP contribution in [-0.2, 0) is 21.1 Å². The summed E-state index contributed by atoms with van der Waals surface area (Å²) in [5.74, 6) is 0. The van der Waals surface area contributed by atoms with E-state index >= 15 is 0 Å². The van der Waals surface area contributed by atoms with Crippen molar-refractivity contribution >= 4 is 15.5 Å². The van der Waals surface area contributed by atoms with E-state index in [1.165, 1.54) is 12.1 Å². The number of sulfone groups is 1. The van der Waals surface area contributed by atoms with Crippen LogP contribution < -0.4 is 4.90 Å². The van der Waals surface area contributed by atoms with Crippen LogP contribution in [0.25, 0.3) is 0 Å². The molecule has 2 atom stereocenters. The smallest absolute Gasteiger partial charge is 0.373 e. The molecule has 0 amide bonds. The number of anilines is 1. The van der Waals surface area contributed by atoms with Gasteiger partial charge in [-0.1, -0.05) is 42.5 Å². The highest BCUT2D eigenvalue weighted by molar-refractivity contribution is 7.92. The number of rotatable bonds is 4. The molecule has 0 radical (unpaired) electrons. The number of hydrogen-bond acceptors (Lipinski definition) is 5. The summed E-state index contributed by atoms with van der Waals surface area (Å²) < 4.78 is 69.4. The Hall–Kier alpha value is -2.10. The lowest BCUT2D eigenvalue weighted by Crippen LogP contribution is -2.50. The Morgan fingerprint density at radius 3 is 2.41 bits per heavy atom. The lowest BCUT2D eigenvalue weighted by molar-refractivity contribution is -0.0499. The van der Waals surface area contributed by atoms with Crippen LogP contribution in [0.1, 0.15) is 5.56 Å². The molecule has 2 heterocycles. The fourth-order valence-electron chi connectivity index (χ4n) is 4.04. The highest BCUT2D eigenvalue weighted by atomic mass is 32.2. The van der Waals surface area contributed by atoms with Gasteiger partial charge in [0, 0.05) is 26.2 Å². The molecule has 2 aliphatic rings. The number of nitrogens with zero attached hydrogens (tertiary/aromatic N) is 2. The van der Waals surface area contributed by atoms with Gasteiger partial charge >= 0.3 is 5.51 Å². The first-order chi connectivity index (χ1) is 13.8. The quantitative estimate of drug-likeness (QED) is 0.752. The second kappa shape index (κ2) is 7.62. The average Bonchev–Trinajstić information content (AvgIpc) is 3.13. The van der Waals surface area contributed by atoms with Gasteiger partial charge in [0.1, 0.15) is 0 Å². The van der Waals surface area contributed by atoms with Gasteiger partial charge in [0.15, 0.2) is 0 Å². The van der Waals surface area contributed by atoms with Crippen molar-refractivity contribution < 1.29 is 26.3 Å². The maximum absolute atomic E-state index is 13.1. The van der Waals surface area contributed by atoms with Gasteiger partial charge in [-0.3, -0.25) is 4.90 Å². The Morgan fingerprint density at radius 2 is 1.69 bits per heavy atom. The Kier molecular flexibility index (Phi) is 5.30. The lowest BCUT2D eigenvalue weighted by Gasteiger charge is -2.36. The van der Waals surface area contributed by atoms with Gasteiger partial charge in [0.05, 0.1) is 29.3 Å². The molecule has 9 heteroatoms. The second-order valence-electron chi connectivity index (χ2n) is 7.25. The molecule has 2 unspecified atom stereocenters.